The third-order valence-electron chi connectivity index (χ3n) is 8.13. The van der Waals surface area contributed by atoms with Crippen molar-refractivity contribution in [1.82, 2.24) is 9.55 Å². The summed E-state index contributed by atoms with van der Waals surface area (Å²) >= 11 is 1.38. The number of hydrogen-bond donors (Lipinski definition) is 1. The first-order chi connectivity index (χ1) is 21.4. The molecule has 3 aromatic heterocycles. The molecular formula is C35H37N3O5S. The molecule has 0 spiro atoms. The summed E-state index contributed by atoms with van der Waals surface area (Å²) in [5, 5.41) is 1.39. The number of benzene rings is 1. The Morgan fingerprint density at radius 1 is 1.09 bits per heavy atom. The molecule has 4 aromatic rings. The van der Waals surface area contributed by atoms with Crippen molar-refractivity contribution in [2.75, 3.05) is 26.1 Å². The molecule has 1 aliphatic heterocycles. The van der Waals surface area contributed by atoms with E-state index in [1.54, 1.807) is 13.3 Å². The van der Waals surface area contributed by atoms with Gasteiger partial charge in [0.25, 0.3) is 0 Å². The number of nitrogens with two attached hydrogens (primary N) is 1. The van der Waals surface area contributed by atoms with Gasteiger partial charge in [-0.25, -0.2) is 0 Å². The third-order valence-corrected chi connectivity index (χ3v) is 8.92. The first-order valence-corrected chi connectivity index (χ1v) is 15.7. The van der Waals surface area contributed by atoms with E-state index in [0.29, 0.717) is 45.2 Å². The molecule has 6 rings (SSSR count). The van der Waals surface area contributed by atoms with Gasteiger partial charge in [-0.3, -0.25) is 9.78 Å². The highest BCUT2D eigenvalue weighted by Crippen LogP contribution is 2.37. The molecule has 4 heterocycles. The summed E-state index contributed by atoms with van der Waals surface area (Å²) in [6, 6.07) is 13.5. The van der Waals surface area contributed by atoms with E-state index < -0.39 is 0 Å². The maximum absolute atomic E-state index is 13.1. The number of nitrogens with zero attached hydrogens (tertiary/aromatic N) is 2. The molecule has 9 heteroatoms. The monoisotopic (exact) mass is 611 g/mol. The number of fused-ring (bicyclic) bond motifs is 1. The maximum atomic E-state index is 13.1. The zero-order valence-electron chi connectivity index (χ0n) is 25.2. The van der Waals surface area contributed by atoms with Crippen molar-refractivity contribution in [1.29, 1.82) is 0 Å². The second-order valence-corrected chi connectivity index (χ2v) is 12.3. The predicted molar refractivity (Wildman–Crippen MR) is 174 cm³/mol. The number of pyridine rings is 2. The Bertz CT molecular complexity index is 1750. The minimum Gasteiger partial charge on any atom is -0.493 e. The van der Waals surface area contributed by atoms with Crippen LogP contribution in [-0.2, 0) is 27.2 Å². The molecule has 0 saturated carbocycles. The first-order valence-electron chi connectivity index (χ1n) is 14.9. The zero-order valence-corrected chi connectivity index (χ0v) is 26.1. The van der Waals surface area contributed by atoms with Crippen LogP contribution in [0.4, 0.5) is 5.00 Å². The van der Waals surface area contributed by atoms with Gasteiger partial charge in [0.2, 0.25) is 0 Å². The predicted octanol–water partition coefficient (Wildman–Crippen LogP) is 7.29. The Morgan fingerprint density at radius 3 is 2.61 bits per heavy atom. The normalized spacial score (nSPS) is 15.9. The Balaban J connectivity index is 1.23. The van der Waals surface area contributed by atoms with Crippen molar-refractivity contribution >= 4 is 22.4 Å². The number of allylic oxidation sites excluding steroid dienone is 1. The molecule has 0 amide bonds. The van der Waals surface area contributed by atoms with E-state index in [1.807, 2.05) is 80.9 Å². The second kappa shape index (κ2) is 13.1. The summed E-state index contributed by atoms with van der Waals surface area (Å²) in [7, 11) is 1.63. The van der Waals surface area contributed by atoms with Crippen LogP contribution in [0.15, 0.2) is 83.4 Å². The number of methoxy groups -OCH3 is 1. The maximum Gasteiger partial charge on any atom is 0.192 e. The highest BCUT2D eigenvalue weighted by Gasteiger charge is 2.21. The molecule has 0 bridgehead atoms. The third kappa shape index (κ3) is 6.59. The molecular weight excluding hydrogens is 574 g/mol. The van der Waals surface area contributed by atoms with Crippen LogP contribution < -0.4 is 15.9 Å². The minimum atomic E-state index is -0.295. The summed E-state index contributed by atoms with van der Waals surface area (Å²) in [5.74, 6) is 2.44. The van der Waals surface area contributed by atoms with Crippen molar-refractivity contribution in [2.45, 2.75) is 45.8 Å². The lowest BCUT2D eigenvalue weighted by Crippen LogP contribution is -2.22. The molecule has 0 radical (unpaired) electrons. The Labute approximate surface area is 261 Å². The van der Waals surface area contributed by atoms with Gasteiger partial charge in [-0.2, -0.15) is 0 Å². The van der Waals surface area contributed by atoms with Crippen LogP contribution in [0, 0.1) is 12.8 Å². The van der Waals surface area contributed by atoms with Crippen LogP contribution in [0.2, 0.25) is 0 Å². The molecule has 44 heavy (non-hydrogen) atoms. The van der Waals surface area contributed by atoms with Gasteiger partial charge in [0.15, 0.2) is 22.0 Å². The lowest BCUT2D eigenvalue weighted by Gasteiger charge is -2.23. The number of anilines is 1. The molecule has 1 saturated heterocycles. The fraction of sp³-hybridized carbons (Fsp3) is 0.314. The molecule has 2 N–H and O–H groups in total. The molecule has 1 atom stereocenters. The standard InChI is InChI=1S/C35H37N3O5S/c1-22-19-38(20-24-13-16-41-17-14-24)21-28(35(22)39)26-6-4-25(5-7-26)23(2)42-32-18-27-29(8-9-31(32)40-3)37-15-12-30(27)43-34-11-10-33(36)44-34/h4-7,9-12,15,18-19,21,23-24H,8,13-14,16-17,20,36H2,1-3H3. The molecule has 1 aliphatic carbocycles. The van der Waals surface area contributed by atoms with Gasteiger partial charge in [-0.05, 0) is 74.1 Å². The minimum absolute atomic E-state index is 0.0549. The number of hydrogen-bond acceptors (Lipinski definition) is 8. The van der Waals surface area contributed by atoms with Gasteiger partial charge in [0.1, 0.15) is 11.9 Å². The molecule has 8 nitrogen and oxygen atoms in total. The number of aryl methyl sites for hydroxylation is 1. The van der Waals surface area contributed by atoms with Crippen molar-refractivity contribution in [3.05, 3.63) is 111 Å². The average molecular weight is 612 g/mol. The van der Waals surface area contributed by atoms with E-state index in [4.69, 9.17) is 24.7 Å². The molecule has 228 valence electrons. The van der Waals surface area contributed by atoms with E-state index in [0.717, 1.165) is 60.5 Å². The number of aromatic nitrogens is 2. The average Bonchev–Trinajstić information content (AvgIpc) is 3.35. The van der Waals surface area contributed by atoms with Gasteiger partial charge in [0, 0.05) is 61.5 Å². The summed E-state index contributed by atoms with van der Waals surface area (Å²) in [6.45, 7) is 6.38. The Kier molecular flexibility index (Phi) is 8.86. The van der Waals surface area contributed by atoms with Gasteiger partial charge in [-0.1, -0.05) is 35.6 Å². The number of thiophene rings is 1. The van der Waals surface area contributed by atoms with Crippen molar-refractivity contribution in [3.8, 4) is 21.9 Å². The highest BCUT2D eigenvalue weighted by atomic mass is 32.1. The summed E-state index contributed by atoms with van der Waals surface area (Å²) in [6.07, 6.45) is 11.9. The SMILES string of the molecule is COC1=CCc2nccc(Oc3ccc(N)s3)c2C=C1OC(C)c1ccc(-c2cn(CC3CCOCC3)cc(C)c2=O)cc1. The van der Waals surface area contributed by atoms with Crippen LogP contribution in [-0.4, -0.2) is 29.9 Å². The Hall–Kier alpha value is -4.34. The van der Waals surface area contributed by atoms with Gasteiger partial charge in [-0.15, -0.1) is 0 Å². The Morgan fingerprint density at radius 2 is 1.89 bits per heavy atom. The first kappa shape index (κ1) is 29.7. The summed E-state index contributed by atoms with van der Waals surface area (Å²) in [5.41, 5.74) is 11.0. The fourth-order valence-electron chi connectivity index (χ4n) is 5.68. The summed E-state index contributed by atoms with van der Waals surface area (Å²) < 4.78 is 26.1. The molecule has 1 fully saturated rings. The van der Waals surface area contributed by atoms with Crippen LogP contribution in [0.5, 0.6) is 10.8 Å². The number of rotatable bonds is 9. The molecule has 1 aromatic carbocycles. The van der Waals surface area contributed by atoms with Crippen LogP contribution in [0.1, 0.15) is 48.3 Å². The highest BCUT2D eigenvalue weighted by molar-refractivity contribution is 7.17. The number of nitrogen functional groups attached to an aromatic ring is 1. The van der Waals surface area contributed by atoms with Crippen LogP contribution in [0.3, 0.4) is 0 Å². The van der Waals surface area contributed by atoms with E-state index in [1.165, 1.54) is 11.3 Å². The van der Waals surface area contributed by atoms with Gasteiger partial charge in [0.05, 0.1) is 17.8 Å². The lowest BCUT2D eigenvalue weighted by molar-refractivity contribution is 0.0612. The van der Waals surface area contributed by atoms with E-state index >= 15 is 0 Å². The molecule has 1 unspecified atom stereocenters. The topological polar surface area (TPSA) is 97.8 Å². The van der Waals surface area contributed by atoms with E-state index in [-0.39, 0.29) is 11.5 Å². The van der Waals surface area contributed by atoms with Crippen LogP contribution >= 0.6 is 11.3 Å². The summed E-state index contributed by atoms with van der Waals surface area (Å²) in [4.78, 5) is 17.7. The van der Waals surface area contributed by atoms with Gasteiger partial charge < -0.3 is 29.2 Å². The van der Waals surface area contributed by atoms with Gasteiger partial charge >= 0.3 is 0 Å². The fourth-order valence-corrected chi connectivity index (χ4v) is 6.32. The zero-order chi connectivity index (χ0) is 30.6. The lowest BCUT2D eigenvalue weighted by atomic mass is 9.99. The van der Waals surface area contributed by atoms with E-state index in [2.05, 4.69) is 9.55 Å². The van der Waals surface area contributed by atoms with Crippen molar-refractivity contribution in [3.63, 3.8) is 0 Å². The smallest absolute Gasteiger partial charge is 0.192 e. The quantitative estimate of drug-likeness (QED) is 0.212. The second-order valence-electron chi connectivity index (χ2n) is 11.2. The number of ether oxygens (including phenoxy) is 4. The van der Waals surface area contributed by atoms with Crippen molar-refractivity contribution < 1.29 is 18.9 Å². The van der Waals surface area contributed by atoms with E-state index in [9.17, 15) is 4.79 Å². The largest absolute Gasteiger partial charge is 0.493 e. The van der Waals surface area contributed by atoms with Crippen LogP contribution in [0.25, 0.3) is 17.2 Å². The van der Waals surface area contributed by atoms with Crippen molar-refractivity contribution in [2.24, 2.45) is 5.92 Å². The molecule has 2 aliphatic rings.